The SMILES string of the molecule is Cc1nc(-c2cccc(NC(=O)C3CCN(c4cc(-n5ccnc5)ncn4)CC3)c2)cs1. The molecule has 0 atom stereocenters. The number of rotatable bonds is 5. The summed E-state index contributed by atoms with van der Waals surface area (Å²) in [6, 6.07) is 9.83. The van der Waals surface area contributed by atoms with Crippen molar-refractivity contribution < 1.29 is 4.79 Å². The lowest BCUT2D eigenvalue weighted by Crippen LogP contribution is -2.38. The number of piperidine rings is 1. The number of aromatic nitrogens is 5. The van der Waals surface area contributed by atoms with Gasteiger partial charge in [-0.25, -0.2) is 19.9 Å². The first-order valence-electron chi connectivity index (χ1n) is 10.5. The van der Waals surface area contributed by atoms with Crippen molar-refractivity contribution in [2.45, 2.75) is 19.8 Å². The Morgan fingerprint density at radius 3 is 2.75 bits per heavy atom. The van der Waals surface area contributed by atoms with E-state index in [1.54, 1.807) is 30.2 Å². The average molecular weight is 446 g/mol. The molecule has 162 valence electrons. The topological polar surface area (TPSA) is 88.8 Å². The van der Waals surface area contributed by atoms with Crippen LogP contribution in [0.5, 0.6) is 0 Å². The monoisotopic (exact) mass is 445 g/mol. The van der Waals surface area contributed by atoms with Crippen molar-refractivity contribution in [3.05, 3.63) is 65.8 Å². The highest BCUT2D eigenvalue weighted by Gasteiger charge is 2.26. The van der Waals surface area contributed by atoms with Gasteiger partial charge in [-0.3, -0.25) is 9.36 Å². The maximum Gasteiger partial charge on any atom is 0.227 e. The van der Waals surface area contributed by atoms with Gasteiger partial charge >= 0.3 is 0 Å². The first-order valence-corrected chi connectivity index (χ1v) is 11.4. The molecule has 1 fully saturated rings. The number of carbonyl (C=O) groups excluding carboxylic acids is 1. The normalized spacial score (nSPS) is 14.5. The largest absolute Gasteiger partial charge is 0.356 e. The molecule has 5 rings (SSSR count). The van der Waals surface area contributed by atoms with E-state index in [0.29, 0.717) is 0 Å². The number of amides is 1. The fourth-order valence-corrected chi connectivity index (χ4v) is 4.54. The van der Waals surface area contributed by atoms with Crippen LogP contribution in [0, 0.1) is 12.8 Å². The maximum absolute atomic E-state index is 12.9. The molecule has 8 nitrogen and oxygen atoms in total. The zero-order valence-electron chi connectivity index (χ0n) is 17.7. The van der Waals surface area contributed by atoms with Gasteiger partial charge < -0.3 is 10.2 Å². The third-order valence-electron chi connectivity index (χ3n) is 5.64. The van der Waals surface area contributed by atoms with E-state index in [1.807, 2.05) is 53.4 Å². The fourth-order valence-electron chi connectivity index (χ4n) is 3.91. The molecule has 0 aliphatic carbocycles. The number of imidazole rings is 1. The summed E-state index contributed by atoms with van der Waals surface area (Å²) in [5.41, 5.74) is 2.76. The van der Waals surface area contributed by atoms with Crippen LogP contribution in [0.3, 0.4) is 0 Å². The second kappa shape index (κ2) is 8.88. The summed E-state index contributed by atoms with van der Waals surface area (Å²) >= 11 is 1.62. The molecule has 1 aromatic carbocycles. The van der Waals surface area contributed by atoms with E-state index in [2.05, 4.69) is 30.2 Å². The van der Waals surface area contributed by atoms with E-state index in [1.165, 1.54) is 0 Å². The summed E-state index contributed by atoms with van der Waals surface area (Å²) in [6.45, 7) is 3.54. The van der Waals surface area contributed by atoms with Gasteiger partial charge in [0.2, 0.25) is 5.91 Å². The van der Waals surface area contributed by atoms with E-state index in [0.717, 1.165) is 59.5 Å². The molecule has 4 aromatic rings. The Hall–Kier alpha value is -3.59. The minimum absolute atomic E-state index is 0.0219. The molecule has 1 amide bonds. The lowest BCUT2D eigenvalue weighted by atomic mass is 9.95. The van der Waals surface area contributed by atoms with Crippen LogP contribution in [-0.2, 0) is 4.79 Å². The lowest BCUT2D eigenvalue weighted by molar-refractivity contribution is -0.120. The zero-order chi connectivity index (χ0) is 21.9. The van der Waals surface area contributed by atoms with E-state index in [4.69, 9.17) is 0 Å². The van der Waals surface area contributed by atoms with Crippen LogP contribution in [0.25, 0.3) is 17.1 Å². The Bertz CT molecular complexity index is 1210. The molecule has 0 unspecified atom stereocenters. The summed E-state index contributed by atoms with van der Waals surface area (Å²) in [6.07, 6.45) is 8.42. The molecule has 1 saturated heterocycles. The van der Waals surface area contributed by atoms with Crippen molar-refractivity contribution >= 4 is 28.7 Å². The van der Waals surface area contributed by atoms with E-state index in [9.17, 15) is 4.79 Å². The second-order valence-corrected chi connectivity index (χ2v) is 8.85. The predicted molar refractivity (Wildman–Crippen MR) is 125 cm³/mol. The Labute approximate surface area is 190 Å². The van der Waals surface area contributed by atoms with Gasteiger partial charge in [0, 0.05) is 54.1 Å². The minimum atomic E-state index is -0.0219. The van der Waals surface area contributed by atoms with Gasteiger partial charge in [-0.15, -0.1) is 11.3 Å². The van der Waals surface area contributed by atoms with E-state index >= 15 is 0 Å². The van der Waals surface area contributed by atoms with Crippen molar-refractivity contribution in [2.75, 3.05) is 23.3 Å². The third kappa shape index (κ3) is 4.38. The minimum Gasteiger partial charge on any atom is -0.356 e. The Morgan fingerprint density at radius 1 is 1.16 bits per heavy atom. The molecule has 3 aromatic heterocycles. The van der Waals surface area contributed by atoms with Crippen molar-refractivity contribution in [3.8, 4) is 17.1 Å². The molecule has 1 aliphatic rings. The van der Waals surface area contributed by atoms with Crippen molar-refractivity contribution in [3.63, 3.8) is 0 Å². The highest BCUT2D eigenvalue weighted by atomic mass is 32.1. The number of hydrogen-bond donors (Lipinski definition) is 1. The number of thiazole rings is 1. The van der Waals surface area contributed by atoms with Gasteiger partial charge in [0.1, 0.15) is 24.3 Å². The average Bonchev–Trinajstić information content (AvgIpc) is 3.52. The number of aryl methyl sites for hydroxylation is 1. The number of hydrogen-bond acceptors (Lipinski definition) is 7. The van der Waals surface area contributed by atoms with Crippen LogP contribution in [0.2, 0.25) is 0 Å². The molecule has 1 aliphatic heterocycles. The van der Waals surface area contributed by atoms with Crippen LogP contribution in [0.1, 0.15) is 17.8 Å². The highest BCUT2D eigenvalue weighted by molar-refractivity contribution is 7.09. The van der Waals surface area contributed by atoms with Crippen molar-refractivity contribution in [1.29, 1.82) is 0 Å². The molecule has 0 saturated carbocycles. The number of benzene rings is 1. The number of carbonyl (C=O) groups is 1. The molecule has 4 heterocycles. The predicted octanol–water partition coefficient (Wildman–Crippen LogP) is 3.95. The van der Waals surface area contributed by atoms with Gasteiger partial charge in [-0.1, -0.05) is 12.1 Å². The number of nitrogens with one attached hydrogen (secondary N) is 1. The third-order valence-corrected chi connectivity index (χ3v) is 6.42. The smallest absolute Gasteiger partial charge is 0.227 e. The molecule has 9 heteroatoms. The van der Waals surface area contributed by atoms with Gasteiger partial charge in [0.25, 0.3) is 0 Å². The first kappa shape index (κ1) is 20.3. The van der Waals surface area contributed by atoms with Gasteiger partial charge in [0.05, 0.1) is 10.7 Å². The van der Waals surface area contributed by atoms with Gasteiger partial charge in [-0.2, -0.15) is 0 Å². The summed E-state index contributed by atoms with van der Waals surface area (Å²) < 4.78 is 1.85. The van der Waals surface area contributed by atoms with Gasteiger partial charge in [0.15, 0.2) is 0 Å². The summed E-state index contributed by atoms with van der Waals surface area (Å²) in [7, 11) is 0. The standard InChI is InChI=1S/C23H23N7OS/c1-16-27-20(13-32-16)18-3-2-4-19(11-18)28-23(31)17-5-8-29(9-6-17)21-12-22(26-14-25-21)30-10-7-24-15-30/h2-4,7,10-15,17H,5-6,8-9H2,1H3,(H,28,31). The number of anilines is 2. The van der Waals surface area contributed by atoms with Crippen LogP contribution < -0.4 is 10.2 Å². The Morgan fingerprint density at radius 2 is 2.00 bits per heavy atom. The summed E-state index contributed by atoms with van der Waals surface area (Å²) in [4.78, 5) is 32.4. The number of nitrogens with zero attached hydrogens (tertiary/aromatic N) is 6. The van der Waals surface area contributed by atoms with Crippen LogP contribution in [0.4, 0.5) is 11.5 Å². The van der Waals surface area contributed by atoms with Crippen LogP contribution in [-0.4, -0.2) is 43.5 Å². The highest BCUT2D eigenvalue weighted by Crippen LogP contribution is 2.26. The molecule has 32 heavy (non-hydrogen) atoms. The molecular weight excluding hydrogens is 422 g/mol. The van der Waals surface area contributed by atoms with Crippen LogP contribution >= 0.6 is 11.3 Å². The summed E-state index contributed by atoms with van der Waals surface area (Å²) in [5, 5.41) is 6.16. The molecule has 0 spiro atoms. The summed E-state index contributed by atoms with van der Waals surface area (Å²) in [5.74, 6) is 1.70. The maximum atomic E-state index is 12.9. The quantitative estimate of drug-likeness (QED) is 0.500. The molecular formula is C23H23N7OS. The van der Waals surface area contributed by atoms with E-state index in [-0.39, 0.29) is 11.8 Å². The Balaban J connectivity index is 1.21. The molecule has 0 bridgehead atoms. The van der Waals surface area contributed by atoms with Crippen molar-refractivity contribution in [2.24, 2.45) is 5.92 Å². The first-order chi connectivity index (χ1) is 15.7. The van der Waals surface area contributed by atoms with Crippen molar-refractivity contribution in [1.82, 2.24) is 24.5 Å². The fraction of sp³-hybridized carbons (Fsp3) is 0.261. The molecule has 1 N–H and O–H groups in total. The Kier molecular flexibility index (Phi) is 5.64. The second-order valence-electron chi connectivity index (χ2n) is 7.79. The molecule has 0 radical (unpaired) electrons. The van der Waals surface area contributed by atoms with Crippen LogP contribution in [0.15, 0.2) is 60.8 Å². The van der Waals surface area contributed by atoms with E-state index < -0.39 is 0 Å². The zero-order valence-corrected chi connectivity index (χ0v) is 18.5. The lowest BCUT2D eigenvalue weighted by Gasteiger charge is -2.32. The van der Waals surface area contributed by atoms with Gasteiger partial charge in [-0.05, 0) is 31.9 Å².